The third-order valence-corrected chi connectivity index (χ3v) is 6.56. The number of likely N-dealkylation sites (N-methyl/N-ethyl adjacent to an activating group) is 1. The molecular weight excluding hydrogens is 408 g/mol. The van der Waals surface area contributed by atoms with E-state index >= 15 is 0 Å². The zero-order valence-corrected chi connectivity index (χ0v) is 18.6. The third kappa shape index (κ3) is 5.68. The van der Waals surface area contributed by atoms with Gasteiger partial charge in [-0.1, -0.05) is 31.2 Å². The predicted molar refractivity (Wildman–Crippen MR) is 124 cm³/mol. The minimum Gasteiger partial charge on any atom is -0.459 e. The van der Waals surface area contributed by atoms with Crippen LogP contribution in [-0.4, -0.2) is 48.5 Å². The van der Waals surface area contributed by atoms with Crippen LogP contribution in [0.5, 0.6) is 0 Å². The number of nitrogens with zero attached hydrogens (tertiary/aromatic N) is 3. The molecule has 0 radical (unpaired) electrons. The molecule has 1 aliphatic rings. The maximum Gasteiger partial charge on any atom is 0.287 e. The molecule has 0 spiro atoms. The number of rotatable bonds is 8. The summed E-state index contributed by atoms with van der Waals surface area (Å²) in [6.45, 7) is 7.86. The summed E-state index contributed by atoms with van der Waals surface area (Å²) in [5.74, 6) is 1.86. The summed E-state index contributed by atoms with van der Waals surface area (Å²) < 4.78 is 5.47. The first-order chi connectivity index (χ1) is 15.2. The lowest BCUT2D eigenvalue weighted by Crippen LogP contribution is -2.46. The van der Waals surface area contributed by atoms with Crippen LogP contribution in [0.15, 0.2) is 70.3 Å². The fourth-order valence-electron chi connectivity index (χ4n) is 3.59. The minimum atomic E-state index is -0.201. The van der Waals surface area contributed by atoms with Crippen LogP contribution in [0.3, 0.4) is 0 Å². The van der Waals surface area contributed by atoms with Crippen molar-refractivity contribution in [2.24, 2.45) is 0 Å². The van der Waals surface area contributed by atoms with E-state index in [-0.39, 0.29) is 5.91 Å². The molecule has 4 rings (SSSR count). The maximum absolute atomic E-state index is 12.6. The van der Waals surface area contributed by atoms with Gasteiger partial charge in [-0.25, -0.2) is 4.98 Å². The Balaban J connectivity index is 1.29. The number of hydrogen-bond donors (Lipinski definition) is 1. The van der Waals surface area contributed by atoms with Gasteiger partial charge in [0.05, 0.1) is 6.26 Å². The topological polar surface area (TPSA) is 61.6 Å². The second-order valence-corrected chi connectivity index (χ2v) is 8.55. The monoisotopic (exact) mass is 436 g/mol. The Kier molecular flexibility index (Phi) is 7.27. The Morgan fingerprint density at radius 3 is 2.61 bits per heavy atom. The van der Waals surface area contributed by atoms with E-state index in [2.05, 4.69) is 39.2 Å². The van der Waals surface area contributed by atoms with Gasteiger partial charge in [0, 0.05) is 55.1 Å². The number of pyridine rings is 1. The lowest BCUT2D eigenvalue weighted by Gasteiger charge is -2.34. The van der Waals surface area contributed by atoms with Crippen molar-refractivity contribution >= 4 is 23.5 Å². The Morgan fingerprint density at radius 1 is 1.10 bits per heavy atom. The Hall–Kier alpha value is -2.77. The molecule has 0 bridgehead atoms. The lowest BCUT2D eigenvalue weighted by molar-refractivity contribution is 0.0922. The Bertz CT molecular complexity index is 967. The van der Waals surface area contributed by atoms with Gasteiger partial charge in [0.15, 0.2) is 5.76 Å². The van der Waals surface area contributed by atoms with Crippen LogP contribution in [0.25, 0.3) is 0 Å². The van der Waals surface area contributed by atoms with Crippen LogP contribution in [0.4, 0.5) is 5.82 Å². The standard InChI is InChI=1S/C24H28N4O2S/c1-2-27-11-13-28(14-12-27)22-9-8-19(16-25-22)17-26-24(29)23-20(10-15-30-23)18-31-21-6-4-3-5-7-21/h3-10,15-16H,2,11-14,17-18H2,1H3,(H,26,29). The summed E-state index contributed by atoms with van der Waals surface area (Å²) in [4.78, 5) is 23.2. The number of thioether (sulfide) groups is 1. The molecule has 7 heteroatoms. The average molecular weight is 437 g/mol. The highest BCUT2D eigenvalue weighted by molar-refractivity contribution is 7.98. The highest BCUT2D eigenvalue weighted by atomic mass is 32.2. The quantitative estimate of drug-likeness (QED) is 0.538. The van der Waals surface area contributed by atoms with Crippen molar-refractivity contribution in [3.63, 3.8) is 0 Å². The number of nitrogens with one attached hydrogen (secondary N) is 1. The van der Waals surface area contributed by atoms with Crippen molar-refractivity contribution in [3.8, 4) is 0 Å². The molecule has 3 aromatic rings. The maximum atomic E-state index is 12.6. The number of amides is 1. The predicted octanol–water partition coefficient (Wildman–Crippen LogP) is 4.04. The van der Waals surface area contributed by atoms with Crippen LogP contribution in [0.1, 0.15) is 28.6 Å². The van der Waals surface area contributed by atoms with Crippen molar-refractivity contribution in [1.82, 2.24) is 15.2 Å². The number of hydrogen-bond acceptors (Lipinski definition) is 6. The zero-order valence-electron chi connectivity index (χ0n) is 17.8. The smallest absolute Gasteiger partial charge is 0.287 e. The van der Waals surface area contributed by atoms with Gasteiger partial charge in [0.25, 0.3) is 5.91 Å². The number of anilines is 1. The van der Waals surface area contributed by atoms with Crippen molar-refractivity contribution in [3.05, 3.63) is 77.9 Å². The van der Waals surface area contributed by atoms with E-state index < -0.39 is 0 Å². The van der Waals surface area contributed by atoms with Gasteiger partial charge < -0.3 is 19.5 Å². The van der Waals surface area contributed by atoms with Crippen molar-refractivity contribution in [1.29, 1.82) is 0 Å². The summed E-state index contributed by atoms with van der Waals surface area (Å²) in [6, 6.07) is 16.1. The molecule has 1 saturated heterocycles. The van der Waals surface area contributed by atoms with Crippen molar-refractivity contribution < 1.29 is 9.21 Å². The lowest BCUT2D eigenvalue weighted by atomic mass is 10.2. The summed E-state index contributed by atoms with van der Waals surface area (Å²) in [7, 11) is 0. The van der Waals surface area contributed by atoms with Gasteiger partial charge in [-0.2, -0.15) is 0 Å². The molecule has 1 aliphatic heterocycles. The first-order valence-electron chi connectivity index (χ1n) is 10.7. The molecule has 1 fully saturated rings. The molecule has 6 nitrogen and oxygen atoms in total. The number of carbonyl (C=O) groups excluding carboxylic acids is 1. The van der Waals surface area contributed by atoms with Crippen molar-refractivity contribution in [2.75, 3.05) is 37.6 Å². The van der Waals surface area contributed by atoms with E-state index in [0.29, 0.717) is 18.1 Å². The SMILES string of the molecule is CCN1CCN(c2ccc(CNC(=O)c3occc3CSc3ccccc3)cn2)CC1. The number of benzene rings is 1. The molecule has 1 amide bonds. The van der Waals surface area contributed by atoms with E-state index in [4.69, 9.17) is 4.42 Å². The molecule has 0 saturated carbocycles. The van der Waals surface area contributed by atoms with Gasteiger partial charge in [-0.15, -0.1) is 11.8 Å². The number of carbonyl (C=O) groups is 1. The molecule has 0 aliphatic carbocycles. The number of aromatic nitrogens is 1. The normalized spacial score (nSPS) is 14.5. The molecule has 0 atom stereocenters. The van der Waals surface area contributed by atoms with Crippen LogP contribution in [-0.2, 0) is 12.3 Å². The van der Waals surface area contributed by atoms with Gasteiger partial charge in [-0.3, -0.25) is 4.79 Å². The molecule has 1 aromatic carbocycles. The van der Waals surface area contributed by atoms with E-state index in [9.17, 15) is 4.79 Å². The Morgan fingerprint density at radius 2 is 1.90 bits per heavy atom. The number of piperazine rings is 1. The fourth-order valence-corrected chi connectivity index (χ4v) is 4.49. The van der Waals surface area contributed by atoms with E-state index in [1.165, 1.54) is 0 Å². The van der Waals surface area contributed by atoms with E-state index in [1.807, 2.05) is 42.6 Å². The Labute approximate surface area is 187 Å². The van der Waals surface area contributed by atoms with Gasteiger partial charge in [-0.05, 0) is 36.4 Å². The average Bonchev–Trinajstić information content (AvgIpc) is 3.31. The van der Waals surface area contributed by atoms with Gasteiger partial charge in [0.1, 0.15) is 5.82 Å². The summed E-state index contributed by atoms with van der Waals surface area (Å²) in [5.41, 5.74) is 1.86. The third-order valence-electron chi connectivity index (χ3n) is 5.50. The molecule has 0 unspecified atom stereocenters. The van der Waals surface area contributed by atoms with Crippen LogP contribution >= 0.6 is 11.8 Å². The van der Waals surface area contributed by atoms with E-state index in [0.717, 1.165) is 54.6 Å². The molecule has 31 heavy (non-hydrogen) atoms. The summed E-state index contributed by atoms with van der Waals surface area (Å²) in [6.07, 6.45) is 3.42. The molecule has 162 valence electrons. The number of furan rings is 1. The van der Waals surface area contributed by atoms with Crippen LogP contribution < -0.4 is 10.2 Å². The van der Waals surface area contributed by atoms with Crippen LogP contribution in [0, 0.1) is 0 Å². The second kappa shape index (κ2) is 10.5. The summed E-state index contributed by atoms with van der Waals surface area (Å²) >= 11 is 1.68. The largest absolute Gasteiger partial charge is 0.459 e. The fraction of sp³-hybridized carbons (Fsp3) is 0.333. The molecule has 1 N–H and O–H groups in total. The van der Waals surface area contributed by atoms with Gasteiger partial charge >= 0.3 is 0 Å². The highest BCUT2D eigenvalue weighted by Crippen LogP contribution is 2.25. The molecular formula is C24H28N4O2S. The highest BCUT2D eigenvalue weighted by Gasteiger charge is 2.17. The van der Waals surface area contributed by atoms with Crippen LogP contribution in [0.2, 0.25) is 0 Å². The second-order valence-electron chi connectivity index (χ2n) is 7.51. The zero-order chi connectivity index (χ0) is 21.5. The first-order valence-corrected chi connectivity index (χ1v) is 11.7. The van der Waals surface area contributed by atoms with E-state index in [1.54, 1.807) is 18.0 Å². The molecule has 3 heterocycles. The minimum absolute atomic E-state index is 0.201. The van der Waals surface area contributed by atoms with Gasteiger partial charge in [0.2, 0.25) is 0 Å². The van der Waals surface area contributed by atoms with Crippen molar-refractivity contribution in [2.45, 2.75) is 24.1 Å². The molecule has 2 aromatic heterocycles. The summed E-state index contributed by atoms with van der Waals surface area (Å²) in [5, 5.41) is 2.95. The first kappa shape index (κ1) is 21.5.